The summed E-state index contributed by atoms with van der Waals surface area (Å²) in [6.07, 6.45) is 7.53. The molecule has 100 valence electrons. The van der Waals surface area contributed by atoms with Gasteiger partial charge in [0.25, 0.3) is 0 Å². The molecule has 0 spiro atoms. The SMILES string of the molecule is CSC1CCC(NCc2ccc(CO)cc2)CC1. The molecule has 0 saturated heterocycles. The molecule has 3 heteroatoms. The van der Waals surface area contributed by atoms with Crippen molar-refractivity contribution >= 4 is 11.8 Å². The zero-order chi connectivity index (χ0) is 12.8. The first kappa shape index (κ1) is 13.9. The van der Waals surface area contributed by atoms with Crippen LogP contribution in [0.2, 0.25) is 0 Å². The second kappa shape index (κ2) is 7.17. The fraction of sp³-hybridized carbons (Fsp3) is 0.600. The highest BCUT2D eigenvalue weighted by Gasteiger charge is 2.19. The summed E-state index contributed by atoms with van der Waals surface area (Å²) in [5.74, 6) is 0. The molecule has 2 rings (SSSR count). The zero-order valence-electron chi connectivity index (χ0n) is 11.1. The molecule has 0 unspecified atom stereocenters. The summed E-state index contributed by atoms with van der Waals surface area (Å²) in [6, 6.07) is 8.90. The van der Waals surface area contributed by atoms with Crippen molar-refractivity contribution in [1.82, 2.24) is 5.32 Å². The van der Waals surface area contributed by atoms with Crippen molar-refractivity contribution in [1.29, 1.82) is 0 Å². The number of aliphatic hydroxyl groups is 1. The molecule has 1 fully saturated rings. The molecule has 18 heavy (non-hydrogen) atoms. The van der Waals surface area contributed by atoms with Crippen LogP contribution in [0.4, 0.5) is 0 Å². The highest BCUT2D eigenvalue weighted by molar-refractivity contribution is 7.99. The second-order valence-corrected chi connectivity index (χ2v) is 6.20. The van der Waals surface area contributed by atoms with E-state index in [9.17, 15) is 0 Å². The predicted octanol–water partition coefficient (Wildman–Crippen LogP) is 2.94. The van der Waals surface area contributed by atoms with Crippen molar-refractivity contribution in [2.24, 2.45) is 0 Å². The number of thioether (sulfide) groups is 1. The second-order valence-electron chi connectivity index (χ2n) is 5.06. The maximum atomic E-state index is 8.99. The van der Waals surface area contributed by atoms with Crippen LogP contribution in [0.3, 0.4) is 0 Å². The fourth-order valence-corrected chi connectivity index (χ4v) is 3.27. The van der Waals surface area contributed by atoms with Crippen LogP contribution < -0.4 is 5.32 Å². The lowest BCUT2D eigenvalue weighted by atomic mass is 9.95. The van der Waals surface area contributed by atoms with Crippen LogP contribution in [-0.2, 0) is 13.2 Å². The van der Waals surface area contributed by atoms with E-state index in [1.54, 1.807) is 0 Å². The van der Waals surface area contributed by atoms with Crippen LogP contribution in [0, 0.1) is 0 Å². The van der Waals surface area contributed by atoms with Crippen LogP contribution in [0.25, 0.3) is 0 Å². The number of benzene rings is 1. The Morgan fingerprint density at radius 3 is 2.28 bits per heavy atom. The van der Waals surface area contributed by atoms with E-state index in [1.807, 2.05) is 23.9 Å². The Bertz CT molecular complexity index is 344. The van der Waals surface area contributed by atoms with Gasteiger partial charge in [0.2, 0.25) is 0 Å². The van der Waals surface area contributed by atoms with Crippen molar-refractivity contribution in [2.75, 3.05) is 6.26 Å². The summed E-state index contributed by atoms with van der Waals surface area (Å²) < 4.78 is 0. The first-order valence-electron chi connectivity index (χ1n) is 6.76. The van der Waals surface area contributed by atoms with Gasteiger partial charge in [-0.3, -0.25) is 0 Å². The van der Waals surface area contributed by atoms with E-state index in [0.717, 1.165) is 17.4 Å². The van der Waals surface area contributed by atoms with Crippen molar-refractivity contribution in [3.05, 3.63) is 35.4 Å². The van der Waals surface area contributed by atoms with Crippen LogP contribution in [0.5, 0.6) is 0 Å². The number of rotatable bonds is 5. The fourth-order valence-electron chi connectivity index (χ4n) is 2.53. The summed E-state index contributed by atoms with van der Waals surface area (Å²) in [5, 5.41) is 13.5. The molecule has 0 radical (unpaired) electrons. The summed E-state index contributed by atoms with van der Waals surface area (Å²) >= 11 is 2.01. The highest BCUT2D eigenvalue weighted by Crippen LogP contribution is 2.26. The maximum absolute atomic E-state index is 8.99. The lowest BCUT2D eigenvalue weighted by Crippen LogP contribution is -2.33. The first-order chi connectivity index (χ1) is 8.81. The third kappa shape index (κ3) is 4.01. The third-order valence-corrected chi connectivity index (χ3v) is 4.95. The lowest BCUT2D eigenvalue weighted by Gasteiger charge is -2.28. The van der Waals surface area contributed by atoms with E-state index in [-0.39, 0.29) is 6.61 Å². The minimum absolute atomic E-state index is 0.131. The maximum Gasteiger partial charge on any atom is 0.0681 e. The Labute approximate surface area is 114 Å². The molecule has 2 N–H and O–H groups in total. The van der Waals surface area contributed by atoms with Crippen molar-refractivity contribution in [3.63, 3.8) is 0 Å². The number of hydrogen-bond donors (Lipinski definition) is 2. The largest absolute Gasteiger partial charge is 0.392 e. The molecular weight excluding hydrogens is 242 g/mol. The van der Waals surface area contributed by atoms with Gasteiger partial charge in [-0.1, -0.05) is 24.3 Å². The van der Waals surface area contributed by atoms with Gasteiger partial charge in [-0.05, 0) is 43.1 Å². The Morgan fingerprint density at radius 1 is 1.11 bits per heavy atom. The molecule has 0 atom stereocenters. The standard InChI is InChI=1S/C15H23NOS/c1-18-15-8-6-14(7-9-15)16-10-12-2-4-13(11-17)5-3-12/h2-5,14-17H,6-11H2,1H3. The van der Waals surface area contributed by atoms with Crippen molar-refractivity contribution < 1.29 is 5.11 Å². The monoisotopic (exact) mass is 265 g/mol. The lowest BCUT2D eigenvalue weighted by molar-refractivity contribution is 0.282. The van der Waals surface area contributed by atoms with Crippen LogP contribution in [0.15, 0.2) is 24.3 Å². The van der Waals surface area contributed by atoms with Gasteiger partial charge in [0.15, 0.2) is 0 Å². The number of hydrogen-bond acceptors (Lipinski definition) is 3. The Hall–Kier alpha value is -0.510. The van der Waals surface area contributed by atoms with E-state index >= 15 is 0 Å². The topological polar surface area (TPSA) is 32.3 Å². The van der Waals surface area contributed by atoms with E-state index in [1.165, 1.54) is 31.2 Å². The van der Waals surface area contributed by atoms with Gasteiger partial charge in [-0.25, -0.2) is 0 Å². The Morgan fingerprint density at radius 2 is 1.72 bits per heavy atom. The molecule has 1 aromatic rings. The van der Waals surface area contributed by atoms with Gasteiger partial charge < -0.3 is 10.4 Å². The number of aliphatic hydroxyl groups excluding tert-OH is 1. The minimum atomic E-state index is 0.131. The molecule has 2 nitrogen and oxygen atoms in total. The van der Waals surface area contributed by atoms with Gasteiger partial charge in [0.1, 0.15) is 0 Å². The Kier molecular flexibility index (Phi) is 5.54. The average molecular weight is 265 g/mol. The van der Waals surface area contributed by atoms with Gasteiger partial charge in [0.05, 0.1) is 6.61 Å². The predicted molar refractivity (Wildman–Crippen MR) is 78.8 cm³/mol. The molecule has 0 heterocycles. The highest BCUT2D eigenvalue weighted by atomic mass is 32.2. The minimum Gasteiger partial charge on any atom is -0.392 e. The van der Waals surface area contributed by atoms with Gasteiger partial charge in [-0.2, -0.15) is 11.8 Å². The van der Waals surface area contributed by atoms with E-state index in [4.69, 9.17) is 5.11 Å². The Balaban J connectivity index is 1.74. The summed E-state index contributed by atoms with van der Waals surface area (Å²) in [4.78, 5) is 0. The van der Waals surface area contributed by atoms with E-state index < -0.39 is 0 Å². The summed E-state index contributed by atoms with van der Waals surface area (Å²) in [7, 11) is 0. The van der Waals surface area contributed by atoms with Gasteiger partial charge in [0, 0.05) is 17.8 Å². The molecule has 1 saturated carbocycles. The molecule has 0 aromatic heterocycles. The van der Waals surface area contributed by atoms with Crippen molar-refractivity contribution in [3.8, 4) is 0 Å². The molecular formula is C15H23NOS. The van der Waals surface area contributed by atoms with Crippen LogP contribution >= 0.6 is 11.8 Å². The number of nitrogens with one attached hydrogen (secondary N) is 1. The van der Waals surface area contributed by atoms with Gasteiger partial charge in [-0.15, -0.1) is 0 Å². The molecule has 1 aliphatic rings. The molecule has 1 aliphatic carbocycles. The molecule has 0 bridgehead atoms. The van der Waals surface area contributed by atoms with Crippen molar-refractivity contribution in [2.45, 2.75) is 50.1 Å². The zero-order valence-corrected chi connectivity index (χ0v) is 11.9. The quantitative estimate of drug-likeness (QED) is 0.858. The summed E-state index contributed by atoms with van der Waals surface area (Å²) in [5.41, 5.74) is 2.29. The average Bonchev–Trinajstić information content (AvgIpc) is 2.46. The third-order valence-electron chi connectivity index (χ3n) is 3.81. The summed E-state index contributed by atoms with van der Waals surface area (Å²) in [6.45, 7) is 1.08. The van der Waals surface area contributed by atoms with Gasteiger partial charge >= 0.3 is 0 Å². The first-order valence-corrected chi connectivity index (χ1v) is 8.05. The van der Waals surface area contributed by atoms with Crippen LogP contribution in [0.1, 0.15) is 36.8 Å². The van der Waals surface area contributed by atoms with Crippen LogP contribution in [-0.4, -0.2) is 22.7 Å². The molecule has 0 aliphatic heterocycles. The molecule has 1 aromatic carbocycles. The van der Waals surface area contributed by atoms with E-state index in [2.05, 4.69) is 23.7 Å². The smallest absolute Gasteiger partial charge is 0.0681 e. The van der Waals surface area contributed by atoms with E-state index in [0.29, 0.717) is 6.04 Å². The normalized spacial score (nSPS) is 24.1. The molecule has 0 amide bonds.